The minimum atomic E-state index is -1.01. The van der Waals surface area contributed by atoms with Crippen LogP contribution in [0.5, 0.6) is 0 Å². The molecule has 0 saturated carbocycles. The molecule has 0 atom stereocenters. The van der Waals surface area contributed by atoms with E-state index in [4.69, 9.17) is 0 Å². The first-order chi connectivity index (χ1) is 5.91. The highest BCUT2D eigenvalue weighted by molar-refractivity contribution is 6.78. The van der Waals surface area contributed by atoms with Gasteiger partial charge in [-0.25, -0.2) is 0 Å². The molecule has 0 bridgehead atoms. The summed E-state index contributed by atoms with van der Waals surface area (Å²) < 4.78 is 0. The van der Waals surface area contributed by atoms with Crippen molar-refractivity contribution in [3.05, 3.63) is 23.3 Å². The molecule has 0 spiro atoms. The second-order valence-electron chi connectivity index (χ2n) is 4.79. The second-order valence-corrected chi connectivity index (χ2v) is 9.82. The molecule has 0 rings (SSSR count). The van der Waals surface area contributed by atoms with Gasteiger partial charge in [0, 0.05) is 0 Å². The minimum absolute atomic E-state index is 1.01. The van der Waals surface area contributed by atoms with Gasteiger partial charge in [0.1, 0.15) is 0 Å². The van der Waals surface area contributed by atoms with E-state index in [1.54, 1.807) is 11.1 Å². The third kappa shape index (κ3) is 5.86. The van der Waals surface area contributed by atoms with Crippen LogP contribution in [0.2, 0.25) is 25.2 Å². The maximum atomic E-state index is 2.48. The quantitative estimate of drug-likeness (QED) is 0.454. The Morgan fingerprint density at radius 3 is 1.46 bits per heavy atom. The second kappa shape index (κ2) is 5.43. The highest BCUT2D eigenvalue weighted by atomic mass is 28.3. The Kier molecular flexibility index (Phi) is 5.31. The predicted octanol–water partition coefficient (Wildman–Crippen LogP) is 4.63. The van der Waals surface area contributed by atoms with Gasteiger partial charge in [-0.2, -0.15) is 0 Å². The van der Waals surface area contributed by atoms with Crippen molar-refractivity contribution in [3.8, 4) is 0 Å². The molecule has 0 unspecified atom stereocenters. The van der Waals surface area contributed by atoms with Crippen molar-refractivity contribution >= 4 is 8.07 Å². The van der Waals surface area contributed by atoms with Gasteiger partial charge in [0.05, 0.1) is 8.07 Å². The predicted molar refractivity (Wildman–Crippen MR) is 66.0 cm³/mol. The van der Waals surface area contributed by atoms with Gasteiger partial charge in [0.15, 0.2) is 0 Å². The molecule has 0 aromatic carbocycles. The molecule has 0 N–H and O–H groups in total. The molecular formula is C12H24Si. The average molecular weight is 196 g/mol. The van der Waals surface area contributed by atoms with E-state index in [2.05, 4.69) is 52.9 Å². The normalized spacial score (nSPS) is 14.9. The summed E-state index contributed by atoms with van der Waals surface area (Å²) >= 11 is 0. The summed E-state index contributed by atoms with van der Waals surface area (Å²) in [4.78, 5) is 0. The van der Waals surface area contributed by atoms with Crippen molar-refractivity contribution < 1.29 is 0 Å². The Morgan fingerprint density at radius 2 is 1.23 bits per heavy atom. The largest absolute Gasteiger partial charge is 0.0890 e. The molecule has 1 heteroatoms. The van der Waals surface area contributed by atoms with Crippen LogP contribution in [0.25, 0.3) is 0 Å². The van der Waals surface area contributed by atoms with Gasteiger partial charge in [-0.3, -0.25) is 0 Å². The molecule has 0 amide bonds. The van der Waals surface area contributed by atoms with Crippen molar-refractivity contribution in [2.24, 2.45) is 0 Å². The van der Waals surface area contributed by atoms with E-state index in [1.165, 1.54) is 12.1 Å². The fraction of sp³-hybridized carbons (Fsp3) is 0.667. The van der Waals surface area contributed by atoms with Gasteiger partial charge in [-0.15, -0.1) is 0 Å². The molecule has 0 aliphatic rings. The summed E-state index contributed by atoms with van der Waals surface area (Å²) in [5.41, 5.74) is 3.11. The van der Waals surface area contributed by atoms with E-state index >= 15 is 0 Å². The summed E-state index contributed by atoms with van der Waals surface area (Å²) in [6, 6.07) is 2.68. The van der Waals surface area contributed by atoms with Crippen LogP contribution in [0, 0.1) is 0 Å². The monoisotopic (exact) mass is 196 g/mol. The highest BCUT2D eigenvalue weighted by Crippen LogP contribution is 2.24. The Bertz CT molecular complexity index is 187. The van der Waals surface area contributed by atoms with Crippen molar-refractivity contribution in [2.75, 3.05) is 0 Å². The van der Waals surface area contributed by atoms with Gasteiger partial charge in [-0.1, -0.05) is 36.4 Å². The topological polar surface area (TPSA) is 0 Å². The Morgan fingerprint density at radius 1 is 0.923 bits per heavy atom. The van der Waals surface area contributed by atoms with Crippen molar-refractivity contribution in [2.45, 2.75) is 52.9 Å². The number of hydrogen-bond acceptors (Lipinski definition) is 0. The molecule has 13 heavy (non-hydrogen) atoms. The van der Waals surface area contributed by atoms with Crippen molar-refractivity contribution in [3.63, 3.8) is 0 Å². The lowest BCUT2D eigenvalue weighted by molar-refractivity contribution is 1.22. The molecule has 0 saturated heterocycles. The molecule has 76 valence electrons. The summed E-state index contributed by atoms with van der Waals surface area (Å²) in [5.74, 6) is 0. The molecule has 0 fully saturated rings. The summed E-state index contributed by atoms with van der Waals surface area (Å²) in [5, 5.41) is 0. The maximum Gasteiger partial charge on any atom is 0.0554 e. The zero-order valence-electron chi connectivity index (χ0n) is 10.1. The standard InChI is InChI=1S/C12H24Si/c1-7-11(3)9-13(5,6)10-12(4)8-2/h7-8H,9-10H2,1-6H3/b11-7+,12-8+. The SMILES string of the molecule is C/C=C(\C)C[Si](C)(C)C/C(C)=C/C. The minimum Gasteiger partial charge on any atom is -0.0890 e. The van der Waals surface area contributed by atoms with Crippen LogP contribution in [0.1, 0.15) is 27.7 Å². The van der Waals surface area contributed by atoms with Crippen molar-refractivity contribution in [1.29, 1.82) is 0 Å². The van der Waals surface area contributed by atoms with E-state index in [9.17, 15) is 0 Å². The number of rotatable bonds is 4. The summed E-state index contributed by atoms with van der Waals surface area (Å²) in [7, 11) is -1.01. The molecule has 0 aliphatic heterocycles. The van der Waals surface area contributed by atoms with E-state index in [1.807, 2.05) is 0 Å². The van der Waals surface area contributed by atoms with Gasteiger partial charge in [0.25, 0.3) is 0 Å². The highest BCUT2D eigenvalue weighted by Gasteiger charge is 2.20. The van der Waals surface area contributed by atoms with Crippen molar-refractivity contribution in [1.82, 2.24) is 0 Å². The van der Waals surface area contributed by atoms with E-state index in [0.29, 0.717) is 0 Å². The Hall–Kier alpha value is -0.303. The van der Waals surface area contributed by atoms with Crippen LogP contribution in [0.4, 0.5) is 0 Å². The van der Waals surface area contributed by atoms with Gasteiger partial charge in [-0.05, 0) is 39.8 Å². The molecule has 0 aromatic rings. The van der Waals surface area contributed by atoms with Crippen LogP contribution < -0.4 is 0 Å². The lowest BCUT2D eigenvalue weighted by atomic mass is 10.3. The third-order valence-corrected chi connectivity index (χ3v) is 5.53. The first-order valence-electron chi connectivity index (χ1n) is 5.15. The molecule has 0 aliphatic carbocycles. The molecule has 0 heterocycles. The van der Waals surface area contributed by atoms with Gasteiger partial charge >= 0.3 is 0 Å². The molecule has 0 nitrogen and oxygen atoms in total. The zero-order chi connectivity index (χ0) is 10.5. The first kappa shape index (κ1) is 12.7. The Labute approximate surface area is 84.8 Å². The third-order valence-electron chi connectivity index (χ3n) is 2.50. The van der Waals surface area contributed by atoms with Gasteiger partial charge in [0.2, 0.25) is 0 Å². The average Bonchev–Trinajstić information content (AvgIpc) is 2.02. The number of allylic oxidation sites excluding steroid dienone is 4. The van der Waals surface area contributed by atoms with Crippen LogP contribution in [-0.4, -0.2) is 8.07 Å². The first-order valence-corrected chi connectivity index (χ1v) is 8.56. The smallest absolute Gasteiger partial charge is 0.0554 e. The lowest BCUT2D eigenvalue weighted by Gasteiger charge is -2.23. The molecular weight excluding hydrogens is 172 g/mol. The van der Waals surface area contributed by atoms with E-state index < -0.39 is 8.07 Å². The summed E-state index contributed by atoms with van der Waals surface area (Å²) in [6.07, 6.45) is 4.50. The molecule has 0 radical (unpaired) electrons. The fourth-order valence-electron chi connectivity index (χ4n) is 1.78. The fourth-order valence-corrected chi connectivity index (χ4v) is 5.33. The van der Waals surface area contributed by atoms with Gasteiger partial charge < -0.3 is 0 Å². The van der Waals surface area contributed by atoms with Crippen LogP contribution in [0.3, 0.4) is 0 Å². The number of hydrogen-bond donors (Lipinski definition) is 0. The summed E-state index contributed by atoms with van der Waals surface area (Å²) in [6.45, 7) is 13.7. The van der Waals surface area contributed by atoms with Crippen LogP contribution in [-0.2, 0) is 0 Å². The van der Waals surface area contributed by atoms with Crippen LogP contribution in [0.15, 0.2) is 23.3 Å². The van der Waals surface area contributed by atoms with Crippen LogP contribution >= 0.6 is 0 Å². The Balaban J connectivity index is 4.24. The molecule has 0 aromatic heterocycles. The maximum absolute atomic E-state index is 2.48. The van der Waals surface area contributed by atoms with E-state index in [0.717, 1.165) is 0 Å². The van der Waals surface area contributed by atoms with E-state index in [-0.39, 0.29) is 0 Å². The lowest BCUT2D eigenvalue weighted by Crippen LogP contribution is -2.25. The zero-order valence-corrected chi connectivity index (χ0v) is 11.1.